The minimum Gasteiger partial charge on any atom is -0.389 e. The van der Waals surface area contributed by atoms with E-state index < -0.39 is 74.4 Å². The van der Waals surface area contributed by atoms with Crippen LogP contribution >= 0.6 is 11.6 Å². The number of halogens is 6. The summed E-state index contributed by atoms with van der Waals surface area (Å²) < 4.78 is 96.9. The van der Waals surface area contributed by atoms with Crippen LogP contribution in [-0.4, -0.2) is 88.3 Å². The van der Waals surface area contributed by atoms with Crippen molar-refractivity contribution in [1.82, 2.24) is 25.0 Å². The Labute approximate surface area is 324 Å². The summed E-state index contributed by atoms with van der Waals surface area (Å²) in [6.07, 6.45) is -2.21. The van der Waals surface area contributed by atoms with Crippen molar-refractivity contribution >= 4 is 62.5 Å². The van der Waals surface area contributed by atoms with Crippen LogP contribution < -0.4 is 9.62 Å². The van der Waals surface area contributed by atoms with E-state index in [9.17, 15) is 45.1 Å². The van der Waals surface area contributed by atoms with Crippen molar-refractivity contribution in [3.05, 3.63) is 76.1 Å². The second kappa shape index (κ2) is 16.7. The molecule has 0 aliphatic heterocycles. The van der Waals surface area contributed by atoms with E-state index in [1.165, 1.54) is 51.4 Å². The SMILES string of the molecule is CN(CC(C)(C)O)C(=O)N(c1nn(CC(F)(F)F)c2c(-c3ccc(C#CC(C)(C)S(C)=O)nc3C(Cc3cc(F)cc(F)c3)NC=O)ccc(Cl)c12)S(C)=O. The number of alkyl halides is 3. The summed E-state index contributed by atoms with van der Waals surface area (Å²) in [5.41, 5.74) is -1.35. The lowest BCUT2D eigenvalue weighted by Crippen LogP contribution is -2.47. The third-order valence-electron chi connectivity index (χ3n) is 8.11. The van der Waals surface area contributed by atoms with Gasteiger partial charge in [-0.15, -0.1) is 0 Å². The molecule has 3 atom stereocenters. The molecule has 11 nitrogen and oxygen atoms in total. The molecule has 4 rings (SSSR count). The number of amides is 3. The summed E-state index contributed by atoms with van der Waals surface area (Å²) in [6.45, 7) is 4.19. The summed E-state index contributed by atoms with van der Waals surface area (Å²) >= 11 is 6.66. The number of pyridine rings is 1. The highest BCUT2D eigenvalue weighted by Gasteiger charge is 2.36. The molecule has 0 aliphatic rings. The Morgan fingerprint density at radius 1 is 1.05 bits per heavy atom. The first kappa shape index (κ1) is 43.3. The van der Waals surface area contributed by atoms with Crippen molar-refractivity contribution in [3.8, 4) is 23.0 Å². The molecule has 0 fully saturated rings. The topological polar surface area (TPSA) is 138 Å². The molecule has 2 heterocycles. The molecule has 2 N–H and O–H groups in total. The van der Waals surface area contributed by atoms with E-state index in [4.69, 9.17) is 11.6 Å². The summed E-state index contributed by atoms with van der Waals surface area (Å²) in [4.78, 5) is 31.4. The second-order valence-corrected chi connectivity index (χ2v) is 17.3. The van der Waals surface area contributed by atoms with Gasteiger partial charge in [0, 0.05) is 47.6 Å². The third-order valence-corrected chi connectivity index (χ3v) is 10.8. The van der Waals surface area contributed by atoms with Crippen LogP contribution in [0.2, 0.25) is 5.02 Å². The molecular formula is C36H38ClF5N6O5S2. The number of fused-ring (bicyclic) bond motifs is 1. The normalized spacial score (nSPS) is 13.8. The molecule has 19 heteroatoms. The van der Waals surface area contributed by atoms with Crippen molar-refractivity contribution in [2.45, 2.75) is 63.2 Å². The molecule has 3 unspecified atom stereocenters. The van der Waals surface area contributed by atoms with Crippen LogP contribution in [0.25, 0.3) is 22.0 Å². The maximum Gasteiger partial charge on any atom is 0.408 e. The van der Waals surface area contributed by atoms with Crippen LogP contribution in [-0.2, 0) is 39.5 Å². The quantitative estimate of drug-likeness (QED) is 0.101. The van der Waals surface area contributed by atoms with E-state index in [0.717, 1.165) is 23.3 Å². The predicted octanol–water partition coefficient (Wildman–Crippen LogP) is 6.05. The highest BCUT2D eigenvalue weighted by molar-refractivity contribution is 7.86. The average molecular weight is 829 g/mol. The van der Waals surface area contributed by atoms with Gasteiger partial charge in [0.05, 0.1) is 39.8 Å². The minimum atomic E-state index is -4.87. The van der Waals surface area contributed by atoms with Gasteiger partial charge in [0.2, 0.25) is 6.41 Å². The molecule has 296 valence electrons. The number of carbonyl (C=O) groups is 2. The highest BCUT2D eigenvalue weighted by atomic mass is 35.5. The van der Waals surface area contributed by atoms with Crippen LogP contribution in [0, 0.1) is 23.5 Å². The zero-order valence-corrected chi connectivity index (χ0v) is 33.1. The van der Waals surface area contributed by atoms with E-state index in [0.29, 0.717) is 21.5 Å². The summed E-state index contributed by atoms with van der Waals surface area (Å²) in [5.74, 6) is 3.45. The molecule has 55 heavy (non-hydrogen) atoms. The van der Waals surface area contributed by atoms with Gasteiger partial charge < -0.3 is 15.3 Å². The first-order valence-corrected chi connectivity index (χ1v) is 19.8. The molecule has 0 saturated carbocycles. The van der Waals surface area contributed by atoms with Gasteiger partial charge in [-0.25, -0.2) is 22.8 Å². The average Bonchev–Trinajstić information content (AvgIpc) is 3.40. The summed E-state index contributed by atoms with van der Waals surface area (Å²) in [7, 11) is -2.32. The Morgan fingerprint density at radius 3 is 2.22 bits per heavy atom. The van der Waals surface area contributed by atoms with Gasteiger partial charge >= 0.3 is 12.2 Å². The Kier molecular flexibility index (Phi) is 13.2. The lowest BCUT2D eigenvalue weighted by molar-refractivity contribution is -0.141. The van der Waals surface area contributed by atoms with E-state index in [2.05, 4.69) is 27.2 Å². The standard InChI is InChI=1S/C36H38ClF5N6O5S2/c1-34(2,51)18-46(5)33(50)48(55(7)53)32-29-27(37)11-10-26(31(29)47(45-32)19-36(40,41)42)25-9-8-24(12-13-35(3,4)54(6)52)44-30(25)28(43-20-49)16-21-14-22(38)17-23(39)15-21/h8-11,14-15,17,20,28,51H,16,18-19H2,1-7H3,(H,43,49). The van der Waals surface area contributed by atoms with Gasteiger partial charge in [0.1, 0.15) is 39.6 Å². The molecule has 0 bridgehead atoms. The van der Waals surface area contributed by atoms with E-state index in [1.807, 2.05) is 0 Å². The fraction of sp³-hybridized carbons (Fsp3) is 0.389. The number of aromatic nitrogens is 3. The number of likely N-dealkylation sites (N-methyl/N-ethyl adjacent to an activating group) is 1. The van der Waals surface area contributed by atoms with Crippen LogP contribution in [0.3, 0.4) is 0 Å². The molecule has 2 aromatic heterocycles. The molecule has 4 aromatic rings. The smallest absolute Gasteiger partial charge is 0.389 e. The van der Waals surface area contributed by atoms with Gasteiger partial charge in [-0.3, -0.25) is 13.7 Å². The van der Waals surface area contributed by atoms with Crippen molar-refractivity contribution in [2.75, 3.05) is 30.4 Å². The largest absolute Gasteiger partial charge is 0.408 e. The van der Waals surface area contributed by atoms with Crippen LogP contribution in [0.4, 0.5) is 32.6 Å². The number of benzene rings is 2. The molecule has 0 spiro atoms. The lowest BCUT2D eigenvalue weighted by Gasteiger charge is -2.29. The highest BCUT2D eigenvalue weighted by Crippen LogP contribution is 2.42. The number of anilines is 1. The number of urea groups is 1. The third kappa shape index (κ3) is 10.7. The van der Waals surface area contributed by atoms with Gasteiger partial charge in [-0.05, 0) is 75.9 Å². The maximum atomic E-state index is 14.3. The van der Waals surface area contributed by atoms with Crippen molar-refractivity contribution in [1.29, 1.82) is 0 Å². The lowest BCUT2D eigenvalue weighted by atomic mass is 9.94. The maximum absolute atomic E-state index is 14.3. The number of hydrogen-bond donors (Lipinski definition) is 2. The first-order chi connectivity index (χ1) is 25.4. The zero-order chi connectivity index (χ0) is 41.2. The summed E-state index contributed by atoms with van der Waals surface area (Å²) in [5, 5.41) is 16.7. The molecule has 0 radical (unpaired) electrons. The van der Waals surface area contributed by atoms with Crippen LogP contribution in [0.1, 0.15) is 50.7 Å². The Hall–Kier alpha value is -4.44. The van der Waals surface area contributed by atoms with Crippen molar-refractivity contribution in [3.63, 3.8) is 0 Å². The number of hydrogen-bond acceptors (Lipinski definition) is 7. The van der Waals surface area contributed by atoms with Crippen molar-refractivity contribution < 1.29 is 45.1 Å². The van der Waals surface area contributed by atoms with Gasteiger partial charge in [0.15, 0.2) is 5.82 Å². The Bertz CT molecular complexity index is 2210. The second-order valence-electron chi connectivity index (χ2n) is 13.7. The number of aliphatic hydroxyl groups is 1. The molecular weight excluding hydrogens is 791 g/mol. The Morgan fingerprint density at radius 2 is 1.67 bits per heavy atom. The molecule has 2 aromatic carbocycles. The molecule has 0 saturated heterocycles. The van der Waals surface area contributed by atoms with Gasteiger partial charge in [0.25, 0.3) is 0 Å². The number of rotatable bonds is 12. The fourth-order valence-electron chi connectivity index (χ4n) is 5.64. The van der Waals surface area contributed by atoms with E-state index >= 15 is 0 Å². The van der Waals surface area contributed by atoms with Crippen LogP contribution in [0.5, 0.6) is 0 Å². The minimum absolute atomic E-state index is 0.000776. The Balaban J connectivity index is 2.10. The zero-order valence-electron chi connectivity index (χ0n) is 30.7. The fourth-order valence-corrected chi connectivity index (χ4v) is 6.80. The van der Waals surface area contributed by atoms with E-state index in [-0.39, 0.29) is 57.0 Å². The number of nitrogens with one attached hydrogen (secondary N) is 1. The molecule has 0 aliphatic carbocycles. The van der Waals surface area contributed by atoms with Gasteiger partial charge in [-0.1, -0.05) is 23.6 Å². The van der Waals surface area contributed by atoms with Crippen LogP contribution in [0.15, 0.2) is 42.5 Å². The van der Waals surface area contributed by atoms with Gasteiger partial charge in [-0.2, -0.15) is 22.6 Å². The monoisotopic (exact) mass is 828 g/mol. The predicted molar refractivity (Wildman–Crippen MR) is 202 cm³/mol. The van der Waals surface area contributed by atoms with Crippen molar-refractivity contribution in [2.24, 2.45) is 0 Å². The number of carbonyl (C=O) groups excluding carboxylic acids is 2. The summed E-state index contributed by atoms with van der Waals surface area (Å²) in [6, 6.07) is 6.20. The number of nitrogens with zero attached hydrogens (tertiary/aromatic N) is 5. The van der Waals surface area contributed by atoms with E-state index in [1.54, 1.807) is 13.8 Å². The molecule has 3 amide bonds. The first-order valence-electron chi connectivity index (χ1n) is 16.3.